The van der Waals surface area contributed by atoms with Crippen LogP contribution in [0.1, 0.15) is 24.9 Å². The maximum Gasteiger partial charge on any atom is 0.227 e. The van der Waals surface area contributed by atoms with E-state index in [0.717, 1.165) is 12.0 Å². The van der Waals surface area contributed by atoms with Crippen LogP contribution in [0, 0.1) is 0 Å². The van der Waals surface area contributed by atoms with Crippen molar-refractivity contribution in [3.05, 3.63) is 47.2 Å². The molecule has 2 heterocycles. The van der Waals surface area contributed by atoms with Crippen LogP contribution in [-0.2, 0) is 16.0 Å². The van der Waals surface area contributed by atoms with E-state index < -0.39 is 0 Å². The van der Waals surface area contributed by atoms with E-state index in [-0.39, 0.29) is 17.9 Å². The van der Waals surface area contributed by atoms with E-state index in [1.165, 1.54) is 6.92 Å². The van der Waals surface area contributed by atoms with Gasteiger partial charge in [0.05, 0.1) is 24.3 Å². The molecule has 2 amide bonds. The van der Waals surface area contributed by atoms with Crippen LogP contribution in [0.25, 0.3) is 0 Å². The SMILES string of the molecule is CC(=O)Nc1cnn(C2CCN(C(=O)Cc3ccc(Cl)cc3)C2)c1. The molecule has 1 aromatic carbocycles. The molecule has 6 nitrogen and oxygen atoms in total. The number of carbonyl (C=O) groups excluding carboxylic acids is 2. The van der Waals surface area contributed by atoms with Gasteiger partial charge in [-0.2, -0.15) is 5.10 Å². The zero-order valence-electron chi connectivity index (χ0n) is 13.4. The summed E-state index contributed by atoms with van der Waals surface area (Å²) < 4.78 is 1.82. The van der Waals surface area contributed by atoms with Gasteiger partial charge in [0.2, 0.25) is 11.8 Å². The van der Waals surface area contributed by atoms with Crippen molar-refractivity contribution in [1.82, 2.24) is 14.7 Å². The molecule has 0 spiro atoms. The zero-order valence-corrected chi connectivity index (χ0v) is 14.2. The first-order valence-electron chi connectivity index (χ1n) is 7.85. The highest BCUT2D eigenvalue weighted by molar-refractivity contribution is 6.30. The number of rotatable bonds is 4. The van der Waals surface area contributed by atoms with Gasteiger partial charge in [-0.25, -0.2) is 0 Å². The Labute approximate surface area is 145 Å². The molecule has 0 aliphatic carbocycles. The van der Waals surface area contributed by atoms with Crippen LogP contribution in [0.15, 0.2) is 36.7 Å². The van der Waals surface area contributed by atoms with Crippen LogP contribution in [-0.4, -0.2) is 39.6 Å². The molecule has 1 aliphatic heterocycles. The molecule has 0 saturated carbocycles. The Bertz CT molecular complexity index is 741. The second kappa shape index (κ2) is 7.05. The minimum atomic E-state index is -0.124. The first-order valence-corrected chi connectivity index (χ1v) is 8.23. The molecule has 1 N–H and O–H groups in total. The minimum Gasteiger partial charge on any atom is -0.340 e. The van der Waals surface area contributed by atoms with E-state index >= 15 is 0 Å². The molecule has 7 heteroatoms. The molecule has 0 bridgehead atoms. The van der Waals surface area contributed by atoms with Crippen molar-refractivity contribution in [2.24, 2.45) is 0 Å². The van der Waals surface area contributed by atoms with Gasteiger partial charge in [0, 0.05) is 31.2 Å². The van der Waals surface area contributed by atoms with Gasteiger partial charge in [-0.3, -0.25) is 14.3 Å². The Hall–Kier alpha value is -2.34. The molecule has 1 atom stereocenters. The number of nitrogens with one attached hydrogen (secondary N) is 1. The number of amides is 2. The average molecular weight is 347 g/mol. The molecule has 126 valence electrons. The summed E-state index contributed by atoms with van der Waals surface area (Å²) in [5.74, 6) is -0.0187. The molecule has 1 aliphatic rings. The fraction of sp³-hybridized carbons (Fsp3) is 0.353. The van der Waals surface area contributed by atoms with Gasteiger partial charge in [0.15, 0.2) is 0 Å². The summed E-state index contributed by atoms with van der Waals surface area (Å²) in [7, 11) is 0. The van der Waals surface area contributed by atoms with Crippen molar-refractivity contribution in [3.63, 3.8) is 0 Å². The van der Waals surface area contributed by atoms with E-state index in [0.29, 0.717) is 30.2 Å². The maximum absolute atomic E-state index is 12.4. The van der Waals surface area contributed by atoms with Gasteiger partial charge in [-0.15, -0.1) is 0 Å². The number of halogens is 1. The third-order valence-electron chi connectivity index (χ3n) is 4.08. The summed E-state index contributed by atoms with van der Waals surface area (Å²) >= 11 is 5.86. The third kappa shape index (κ3) is 3.94. The summed E-state index contributed by atoms with van der Waals surface area (Å²) in [4.78, 5) is 25.4. The molecule has 1 aromatic heterocycles. The molecule has 1 saturated heterocycles. The monoisotopic (exact) mass is 346 g/mol. The molecule has 1 fully saturated rings. The molecule has 2 aromatic rings. The molecular weight excluding hydrogens is 328 g/mol. The lowest BCUT2D eigenvalue weighted by Crippen LogP contribution is -2.30. The number of nitrogens with zero attached hydrogens (tertiary/aromatic N) is 3. The topological polar surface area (TPSA) is 67.2 Å². The van der Waals surface area contributed by atoms with Crippen LogP contribution < -0.4 is 5.32 Å². The van der Waals surface area contributed by atoms with Crippen molar-refractivity contribution >= 4 is 29.1 Å². The van der Waals surface area contributed by atoms with Gasteiger partial charge >= 0.3 is 0 Å². The molecule has 3 rings (SSSR count). The summed E-state index contributed by atoms with van der Waals surface area (Å²) in [5, 5.41) is 7.66. The van der Waals surface area contributed by atoms with Crippen LogP contribution in [0.2, 0.25) is 5.02 Å². The standard InChI is InChI=1S/C17H19ClN4O2/c1-12(23)20-15-9-19-22(10-15)16-6-7-21(11-16)17(24)8-13-2-4-14(18)5-3-13/h2-5,9-10,16H,6-8,11H2,1H3,(H,20,23). The number of aromatic nitrogens is 2. The van der Waals surface area contributed by atoms with Gasteiger partial charge in [0.25, 0.3) is 0 Å². The lowest BCUT2D eigenvalue weighted by atomic mass is 10.1. The molecule has 24 heavy (non-hydrogen) atoms. The Morgan fingerprint density at radius 1 is 1.33 bits per heavy atom. The maximum atomic E-state index is 12.4. The van der Waals surface area contributed by atoms with Gasteiger partial charge < -0.3 is 10.2 Å². The lowest BCUT2D eigenvalue weighted by Gasteiger charge is -2.16. The van der Waals surface area contributed by atoms with Crippen molar-refractivity contribution in [2.45, 2.75) is 25.8 Å². The zero-order chi connectivity index (χ0) is 17.1. The first-order chi connectivity index (χ1) is 11.5. The Morgan fingerprint density at radius 3 is 2.79 bits per heavy atom. The molecule has 0 radical (unpaired) electrons. The fourth-order valence-corrected chi connectivity index (χ4v) is 3.00. The van der Waals surface area contributed by atoms with Crippen LogP contribution >= 0.6 is 11.6 Å². The quantitative estimate of drug-likeness (QED) is 0.925. The summed E-state index contributed by atoms with van der Waals surface area (Å²) in [6, 6.07) is 7.48. The average Bonchev–Trinajstić information content (AvgIpc) is 3.18. The van der Waals surface area contributed by atoms with Crippen molar-refractivity contribution < 1.29 is 9.59 Å². The highest BCUT2D eigenvalue weighted by Gasteiger charge is 2.27. The van der Waals surface area contributed by atoms with E-state index in [4.69, 9.17) is 11.6 Å². The summed E-state index contributed by atoms with van der Waals surface area (Å²) in [6.45, 7) is 2.81. The largest absolute Gasteiger partial charge is 0.340 e. The second-order valence-electron chi connectivity index (χ2n) is 5.98. The van der Waals surface area contributed by atoms with Crippen LogP contribution in [0.3, 0.4) is 0 Å². The van der Waals surface area contributed by atoms with E-state index in [1.54, 1.807) is 24.5 Å². The first kappa shape index (κ1) is 16.5. The normalized spacial score (nSPS) is 17.1. The lowest BCUT2D eigenvalue weighted by molar-refractivity contribution is -0.129. The van der Waals surface area contributed by atoms with Gasteiger partial charge in [0.1, 0.15) is 0 Å². The van der Waals surface area contributed by atoms with Crippen LogP contribution in [0.5, 0.6) is 0 Å². The van der Waals surface area contributed by atoms with Gasteiger partial charge in [-0.05, 0) is 24.1 Å². The van der Waals surface area contributed by atoms with E-state index in [2.05, 4.69) is 10.4 Å². The Morgan fingerprint density at radius 2 is 2.08 bits per heavy atom. The highest BCUT2D eigenvalue weighted by atomic mass is 35.5. The Kier molecular flexibility index (Phi) is 4.85. The summed E-state index contributed by atoms with van der Waals surface area (Å²) in [5.41, 5.74) is 1.63. The van der Waals surface area contributed by atoms with Crippen molar-refractivity contribution in [3.8, 4) is 0 Å². The Balaban J connectivity index is 1.58. The summed E-state index contributed by atoms with van der Waals surface area (Å²) in [6.07, 6.45) is 4.66. The van der Waals surface area contributed by atoms with Crippen molar-refractivity contribution in [2.75, 3.05) is 18.4 Å². The minimum absolute atomic E-state index is 0.106. The number of anilines is 1. The van der Waals surface area contributed by atoms with Crippen molar-refractivity contribution in [1.29, 1.82) is 0 Å². The van der Waals surface area contributed by atoms with Gasteiger partial charge in [-0.1, -0.05) is 23.7 Å². The number of carbonyl (C=O) groups is 2. The van der Waals surface area contributed by atoms with Crippen LogP contribution in [0.4, 0.5) is 5.69 Å². The number of likely N-dealkylation sites (tertiary alicyclic amines) is 1. The number of hydrogen-bond acceptors (Lipinski definition) is 3. The smallest absolute Gasteiger partial charge is 0.227 e. The van der Waals surface area contributed by atoms with E-state index in [1.807, 2.05) is 21.7 Å². The molecular formula is C17H19ClN4O2. The highest BCUT2D eigenvalue weighted by Crippen LogP contribution is 2.23. The predicted molar refractivity (Wildman–Crippen MR) is 91.9 cm³/mol. The second-order valence-corrected chi connectivity index (χ2v) is 6.41. The number of hydrogen-bond donors (Lipinski definition) is 1. The predicted octanol–water partition coefficient (Wildman–Crippen LogP) is 2.51. The fourth-order valence-electron chi connectivity index (χ4n) is 2.88. The number of benzene rings is 1. The molecule has 1 unspecified atom stereocenters. The van der Waals surface area contributed by atoms with E-state index in [9.17, 15) is 9.59 Å². The third-order valence-corrected chi connectivity index (χ3v) is 4.33.